The van der Waals surface area contributed by atoms with Crippen LogP contribution in [0, 0.1) is 24.0 Å². The van der Waals surface area contributed by atoms with Crippen LogP contribution in [0.5, 0.6) is 0 Å². The Bertz CT molecular complexity index is 843. The highest BCUT2D eigenvalue weighted by Crippen LogP contribution is 2.23. The molecule has 108 valence electrons. The van der Waals surface area contributed by atoms with Crippen molar-refractivity contribution >= 4 is 21.4 Å². The molecular formula is C14H10F2N2O2S. The predicted molar refractivity (Wildman–Crippen MR) is 76.0 cm³/mol. The van der Waals surface area contributed by atoms with E-state index in [-0.39, 0.29) is 5.69 Å². The Hall–Kier alpha value is -2.59. The maximum Gasteiger partial charge on any atom is 0.264 e. The molecule has 0 heterocycles. The number of benzene rings is 2. The summed E-state index contributed by atoms with van der Waals surface area (Å²) in [6, 6.07) is 7.14. The zero-order valence-electron chi connectivity index (χ0n) is 10.6. The van der Waals surface area contributed by atoms with Gasteiger partial charge in [-0.3, -0.25) is 4.72 Å². The first-order valence-corrected chi connectivity index (χ1v) is 7.16. The molecule has 0 radical (unpaired) electrons. The van der Waals surface area contributed by atoms with Gasteiger partial charge in [0.15, 0.2) is 0 Å². The van der Waals surface area contributed by atoms with Gasteiger partial charge in [0.2, 0.25) is 0 Å². The van der Waals surface area contributed by atoms with Crippen LogP contribution in [0.15, 0.2) is 41.3 Å². The molecule has 0 spiro atoms. The number of nitrogen functional groups attached to an aromatic ring is 1. The van der Waals surface area contributed by atoms with Crippen LogP contribution in [-0.4, -0.2) is 8.42 Å². The lowest BCUT2D eigenvalue weighted by atomic mass is 10.2. The molecule has 2 aromatic rings. The van der Waals surface area contributed by atoms with E-state index in [1.165, 1.54) is 12.1 Å². The van der Waals surface area contributed by atoms with Gasteiger partial charge in [0.25, 0.3) is 10.0 Å². The molecule has 0 amide bonds. The largest absolute Gasteiger partial charge is 0.396 e. The van der Waals surface area contributed by atoms with Crippen molar-refractivity contribution in [1.29, 1.82) is 0 Å². The third-order valence-electron chi connectivity index (χ3n) is 2.62. The molecule has 2 aromatic carbocycles. The van der Waals surface area contributed by atoms with E-state index in [1.54, 1.807) is 12.1 Å². The van der Waals surface area contributed by atoms with Crippen LogP contribution < -0.4 is 10.5 Å². The van der Waals surface area contributed by atoms with Crippen LogP contribution in [0.3, 0.4) is 0 Å². The zero-order chi connectivity index (χ0) is 15.6. The van der Waals surface area contributed by atoms with E-state index in [2.05, 4.69) is 10.6 Å². The number of nitrogens with one attached hydrogen (secondary N) is 1. The van der Waals surface area contributed by atoms with Gasteiger partial charge < -0.3 is 5.73 Å². The molecule has 0 unspecified atom stereocenters. The first-order valence-electron chi connectivity index (χ1n) is 5.67. The minimum Gasteiger partial charge on any atom is -0.396 e. The van der Waals surface area contributed by atoms with Crippen LogP contribution in [0.4, 0.5) is 20.2 Å². The molecule has 21 heavy (non-hydrogen) atoms. The Morgan fingerprint density at radius 1 is 1.14 bits per heavy atom. The van der Waals surface area contributed by atoms with Gasteiger partial charge in [-0.15, -0.1) is 6.42 Å². The molecule has 0 aromatic heterocycles. The predicted octanol–water partition coefficient (Wildman–Crippen LogP) is 2.33. The second kappa shape index (κ2) is 5.42. The maximum absolute atomic E-state index is 13.6. The van der Waals surface area contributed by atoms with Gasteiger partial charge in [0.05, 0.1) is 11.4 Å². The summed E-state index contributed by atoms with van der Waals surface area (Å²) in [4.78, 5) is -0.743. The Kier molecular flexibility index (Phi) is 3.82. The lowest BCUT2D eigenvalue weighted by Gasteiger charge is -2.10. The van der Waals surface area contributed by atoms with E-state index >= 15 is 0 Å². The van der Waals surface area contributed by atoms with E-state index in [0.29, 0.717) is 11.6 Å². The fourth-order valence-electron chi connectivity index (χ4n) is 1.63. The van der Waals surface area contributed by atoms with Gasteiger partial charge in [-0.1, -0.05) is 12.0 Å². The second-order valence-corrected chi connectivity index (χ2v) is 5.79. The van der Waals surface area contributed by atoms with Gasteiger partial charge in [-0.25, -0.2) is 17.2 Å². The Labute approximate surface area is 120 Å². The Morgan fingerprint density at radius 2 is 1.86 bits per heavy atom. The number of terminal acetylenes is 1. The Morgan fingerprint density at radius 3 is 2.52 bits per heavy atom. The van der Waals surface area contributed by atoms with E-state index in [9.17, 15) is 17.2 Å². The topological polar surface area (TPSA) is 72.2 Å². The fourth-order valence-corrected chi connectivity index (χ4v) is 2.78. The van der Waals surface area contributed by atoms with E-state index in [4.69, 9.17) is 12.2 Å². The first kappa shape index (κ1) is 14.8. The number of nitrogens with two attached hydrogens (primary N) is 1. The highest BCUT2D eigenvalue weighted by molar-refractivity contribution is 7.92. The summed E-state index contributed by atoms with van der Waals surface area (Å²) in [5.74, 6) is 0.0813. The number of anilines is 2. The van der Waals surface area contributed by atoms with Gasteiger partial charge in [-0.2, -0.15) is 0 Å². The third kappa shape index (κ3) is 3.12. The average molecular weight is 308 g/mol. The van der Waals surface area contributed by atoms with E-state index in [1.807, 2.05) is 0 Å². The SMILES string of the molecule is C#Cc1cccc(NS(=O)(=O)c2cc(N)c(F)cc2F)c1. The van der Waals surface area contributed by atoms with Crippen molar-refractivity contribution in [2.45, 2.75) is 4.90 Å². The molecular weight excluding hydrogens is 298 g/mol. The van der Waals surface area contributed by atoms with Crippen molar-refractivity contribution in [2.24, 2.45) is 0 Å². The summed E-state index contributed by atoms with van der Waals surface area (Å²) in [5.41, 5.74) is 5.41. The summed E-state index contributed by atoms with van der Waals surface area (Å²) in [6.07, 6.45) is 5.21. The molecule has 0 saturated heterocycles. The number of hydrogen-bond donors (Lipinski definition) is 2. The van der Waals surface area contributed by atoms with Crippen LogP contribution in [0.25, 0.3) is 0 Å². The summed E-state index contributed by atoms with van der Waals surface area (Å²) >= 11 is 0. The summed E-state index contributed by atoms with van der Waals surface area (Å²) in [7, 11) is -4.25. The highest BCUT2D eigenvalue weighted by atomic mass is 32.2. The van der Waals surface area contributed by atoms with Crippen molar-refractivity contribution < 1.29 is 17.2 Å². The van der Waals surface area contributed by atoms with Gasteiger partial charge in [0, 0.05) is 11.6 Å². The number of halogens is 2. The molecule has 4 nitrogen and oxygen atoms in total. The molecule has 0 saturated carbocycles. The maximum atomic E-state index is 13.6. The van der Waals surface area contributed by atoms with E-state index in [0.717, 1.165) is 6.07 Å². The number of hydrogen-bond acceptors (Lipinski definition) is 3. The average Bonchev–Trinajstić information content (AvgIpc) is 2.42. The van der Waals surface area contributed by atoms with E-state index < -0.39 is 32.2 Å². The highest BCUT2D eigenvalue weighted by Gasteiger charge is 2.21. The molecule has 0 fully saturated rings. The van der Waals surface area contributed by atoms with Gasteiger partial charge in [0.1, 0.15) is 16.5 Å². The zero-order valence-corrected chi connectivity index (χ0v) is 11.4. The molecule has 3 N–H and O–H groups in total. The lowest BCUT2D eigenvalue weighted by Crippen LogP contribution is -2.15. The third-order valence-corrected chi connectivity index (χ3v) is 4.02. The smallest absolute Gasteiger partial charge is 0.264 e. The summed E-state index contributed by atoms with van der Waals surface area (Å²) < 4.78 is 53.1. The van der Waals surface area contributed by atoms with Crippen LogP contribution in [0.1, 0.15) is 5.56 Å². The standard InChI is InChI=1S/C14H10F2N2O2S/c1-2-9-4-3-5-10(6-9)18-21(19,20)14-8-13(17)11(15)7-12(14)16/h1,3-8,18H,17H2. The second-order valence-electron chi connectivity index (χ2n) is 4.13. The van der Waals surface area contributed by atoms with Crippen molar-refractivity contribution in [1.82, 2.24) is 0 Å². The van der Waals surface area contributed by atoms with Gasteiger partial charge >= 0.3 is 0 Å². The minimum absolute atomic E-state index is 0.160. The lowest BCUT2D eigenvalue weighted by molar-refractivity contribution is 0.553. The Balaban J connectivity index is 2.43. The fraction of sp³-hybridized carbons (Fsp3) is 0. The normalized spacial score (nSPS) is 10.9. The number of rotatable bonds is 3. The minimum atomic E-state index is -4.25. The molecule has 2 rings (SSSR count). The summed E-state index contributed by atoms with van der Waals surface area (Å²) in [5, 5.41) is 0. The number of sulfonamides is 1. The van der Waals surface area contributed by atoms with Crippen molar-refractivity contribution in [3.63, 3.8) is 0 Å². The van der Waals surface area contributed by atoms with Crippen molar-refractivity contribution in [3.8, 4) is 12.3 Å². The quantitative estimate of drug-likeness (QED) is 0.675. The van der Waals surface area contributed by atoms with Crippen molar-refractivity contribution in [3.05, 3.63) is 53.6 Å². The molecule has 0 aliphatic heterocycles. The van der Waals surface area contributed by atoms with Gasteiger partial charge in [-0.05, 0) is 24.3 Å². The molecule has 0 bridgehead atoms. The van der Waals surface area contributed by atoms with Crippen LogP contribution in [-0.2, 0) is 10.0 Å². The molecule has 0 atom stereocenters. The summed E-state index contributed by atoms with van der Waals surface area (Å²) in [6.45, 7) is 0. The van der Waals surface area contributed by atoms with Crippen LogP contribution >= 0.6 is 0 Å². The van der Waals surface area contributed by atoms with Crippen LogP contribution in [0.2, 0.25) is 0 Å². The van der Waals surface area contributed by atoms with Crippen molar-refractivity contribution in [2.75, 3.05) is 10.5 Å². The first-order chi connectivity index (χ1) is 9.83. The molecule has 0 aliphatic rings. The molecule has 0 aliphatic carbocycles. The molecule has 7 heteroatoms. The monoisotopic (exact) mass is 308 g/mol.